The third-order valence-electron chi connectivity index (χ3n) is 3.08. The third kappa shape index (κ3) is 1.44. The Balaban J connectivity index is 2.24. The predicted octanol–water partition coefficient (Wildman–Crippen LogP) is 2.35. The molecule has 0 amide bonds. The summed E-state index contributed by atoms with van der Waals surface area (Å²) in [5.74, 6) is 0.796. The number of aromatic nitrogens is 3. The zero-order chi connectivity index (χ0) is 12.7. The second kappa shape index (κ2) is 3.80. The number of imidazole rings is 1. The van der Waals surface area contributed by atoms with Crippen LogP contribution in [0.25, 0.3) is 22.4 Å². The molecule has 0 aliphatic rings. The Morgan fingerprint density at radius 2 is 2.22 bits per heavy atom. The molecule has 0 saturated heterocycles. The van der Waals surface area contributed by atoms with Crippen LogP contribution in [0.2, 0.25) is 0 Å². The van der Waals surface area contributed by atoms with E-state index < -0.39 is 0 Å². The van der Waals surface area contributed by atoms with Gasteiger partial charge in [-0.2, -0.15) is 0 Å². The van der Waals surface area contributed by atoms with Crippen molar-refractivity contribution in [1.29, 1.82) is 0 Å². The van der Waals surface area contributed by atoms with Crippen LogP contribution in [0.1, 0.15) is 16.3 Å². The van der Waals surface area contributed by atoms with E-state index in [9.17, 15) is 4.79 Å². The average molecular weight is 241 g/mol. The molecule has 0 aliphatic carbocycles. The van der Waals surface area contributed by atoms with E-state index in [1.165, 1.54) is 6.39 Å². The summed E-state index contributed by atoms with van der Waals surface area (Å²) in [5.41, 5.74) is 3.56. The Morgan fingerprint density at radius 3 is 3.00 bits per heavy atom. The Morgan fingerprint density at radius 1 is 1.39 bits per heavy atom. The monoisotopic (exact) mass is 241 g/mol. The number of fused-ring (bicyclic) bond motifs is 1. The van der Waals surface area contributed by atoms with Crippen molar-refractivity contribution >= 4 is 17.4 Å². The van der Waals surface area contributed by atoms with E-state index in [-0.39, 0.29) is 0 Å². The van der Waals surface area contributed by atoms with Gasteiger partial charge in [0.1, 0.15) is 17.0 Å². The van der Waals surface area contributed by atoms with Crippen LogP contribution in [0.4, 0.5) is 0 Å². The van der Waals surface area contributed by atoms with Gasteiger partial charge in [0.25, 0.3) is 0 Å². The van der Waals surface area contributed by atoms with Crippen molar-refractivity contribution in [2.45, 2.75) is 6.92 Å². The van der Waals surface area contributed by atoms with Gasteiger partial charge in [-0.15, -0.1) is 0 Å². The van der Waals surface area contributed by atoms with Crippen molar-refractivity contribution in [3.8, 4) is 11.3 Å². The molecular formula is C13H11N3O2. The largest absolute Gasteiger partial charge is 0.443 e. The quantitative estimate of drug-likeness (QED) is 0.646. The molecule has 0 N–H and O–H groups in total. The van der Waals surface area contributed by atoms with Crippen LogP contribution in [-0.2, 0) is 7.05 Å². The maximum atomic E-state index is 11.2. The Hall–Kier alpha value is -2.43. The van der Waals surface area contributed by atoms with Crippen molar-refractivity contribution < 1.29 is 9.21 Å². The molecule has 5 heteroatoms. The van der Waals surface area contributed by atoms with E-state index in [0.717, 1.165) is 23.2 Å². The number of oxazole rings is 1. The first-order valence-corrected chi connectivity index (χ1v) is 5.53. The molecule has 0 aliphatic heterocycles. The number of hydrogen-bond donors (Lipinski definition) is 0. The van der Waals surface area contributed by atoms with Crippen molar-refractivity contribution in [3.63, 3.8) is 0 Å². The van der Waals surface area contributed by atoms with E-state index in [0.29, 0.717) is 17.0 Å². The van der Waals surface area contributed by atoms with Crippen LogP contribution in [0.15, 0.2) is 29.0 Å². The van der Waals surface area contributed by atoms with Crippen molar-refractivity contribution in [1.82, 2.24) is 14.5 Å². The van der Waals surface area contributed by atoms with Crippen molar-refractivity contribution in [2.24, 2.45) is 7.05 Å². The molecule has 0 bridgehead atoms. The number of hydrogen-bond acceptors (Lipinski definition) is 4. The molecule has 0 saturated carbocycles. The molecule has 0 fully saturated rings. The smallest absolute Gasteiger partial charge is 0.181 e. The Bertz CT molecular complexity index is 740. The average Bonchev–Trinajstić information content (AvgIpc) is 2.94. The normalized spacial score (nSPS) is 11.0. The van der Waals surface area contributed by atoms with Gasteiger partial charge in [-0.3, -0.25) is 4.79 Å². The number of aldehydes is 1. The lowest BCUT2D eigenvalue weighted by Crippen LogP contribution is -1.97. The third-order valence-corrected chi connectivity index (χ3v) is 3.08. The van der Waals surface area contributed by atoms with E-state index >= 15 is 0 Å². The second-order valence-corrected chi connectivity index (χ2v) is 4.10. The van der Waals surface area contributed by atoms with E-state index in [1.54, 1.807) is 4.57 Å². The van der Waals surface area contributed by atoms with Crippen LogP contribution >= 0.6 is 0 Å². The highest BCUT2D eigenvalue weighted by atomic mass is 16.3. The van der Waals surface area contributed by atoms with E-state index in [2.05, 4.69) is 9.97 Å². The van der Waals surface area contributed by atoms with Crippen LogP contribution in [0.5, 0.6) is 0 Å². The maximum Gasteiger partial charge on any atom is 0.181 e. The van der Waals surface area contributed by atoms with Gasteiger partial charge in [-0.05, 0) is 19.1 Å². The number of carbonyl (C=O) groups excluding carboxylic acids is 1. The first-order chi connectivity index (χ1) is 8.70. The van der Waals surface area contributed by atoms with Gasteiger partial charge in [0.2, 0.25) is 0 Å². The lowest BCUT2D eigenvalue weighted by atomic mass is 10.1. The highest BCUT2D eigenvalue weighted by molar-refractivity contribution is 5.87. The minimum absolute atomic E-state index is 0.561. The number of nitrogens with zero attached hydrogens (tertiary/aromatic N) is 3. The van der Waals surface area contributed by atoms with Crippen LogP contribution in [-0.4, -0.2) is 20.8 Å². The van der Waals surface area contributed by atoms with E-state index in [4.69, 9.17) is 4.42 Å². The lowest BCUT2D eigenvalue weighted by Gasteiger charge is -1.99. The standard InChI is InChI=1S/C13H11N3O2/c1-8-15-13(11(6-17)16(8)2)9-3-4-10-12(5-9)18-7-14-10/h3-7H,1-2H3. The minimum atomic E-state index is 0.561. The summed E-state index contributed by atoms with van der Waals surface area (Å²) >= 11 is 0. The molecule has 1 aromatic carbocycles. The highest BCUT2D eigenvalue weighted by Crippen LogP contribution is 2.25. The fourth-order valence-corrected chi connectivity index (χ4v) is 1.98. The van der Waals surface area contributed by atoms with Gasteiger partial charge in [0, 0.05) is 12.6 Å². The first-order valence-electron chi connectivity index (χ1n) is 5.53. The number of carbonyl (C=O) groups is 1. The summed E-state index contributed by atoms with van der Waals surface area (Å²) in [7, 11) is 1.82. The zero-order valence-corrected chi connectivity index (χ0v) is 10.0. The zero-order valence-electron chi connectivity index (χ0n) is 10.0. The van der Waals surface area contributed by atoms with Crippen LogP contribution < -0.4 is 0 Å². The first kappa shape index (κ1) is 10.7. The number of benzene rings is 1. The number of rotatable bonds is 2. The SMILES string of the molecule is Cc1nc(-c2ccc3ncoc3c2)c(C=O)n1C. The molecule has 90 valence electrons. The number of aryl methyl sites for hydroxylation is 1. The molecule has 0 radical (unpaired) electrons. The molecule has 2 heterocycles. The Kier molecular flexibility index (Phi) is 2.26. The summed E-state index contributed by atoms with van der Waals surface area (Å²) in [6.07, 6.45) is 2.22. The summed E-state index contributed by atoms with van der Waals surface area (Å²) in [5, 5.41) is 0. The molecule has 3 rings (SSSR count). The molecule has 0 unspecified atom stereocenters. The summed E-state index contributed by atoms with van der Waals surface area (Å²) in [4.78, 5) is 19.6. The molecule has 18 heavy (non-hydrogen) atoms. The lowest BCUT2D eigenvalue weighted by molar-refractivity contribution is 0.111. The van der Waals surface area contributed by atoms with Gasteiger partial charge in [0.05, 0.1) is 5.69 Å². The minimum Gasteiger partial charge on any atom is -0.443 e. The van der Waals surface area contributed by atoms with Gasteiger partial charge in [-0.25, -0.2) is 9.97 Å². The molecule has 5 nitrogen and oxygen atoms in total. The second-order valence-electron chi connectivity index (χ2n) is 4.10. The molecule has 2 aromatic heterocycles. The van der Waals surface area contributed by atoms with Crippen molar-refractivity contribution in [3.05, 3.63) is 36.1 Å². The van der Waals surface area contributed by atoms with E-state index in [1.807, 2.05) is 32.2 Å². The fourth-order valence-electron chi connectivity index (χ4n) is 1.98. The van der Waals surface area contributed by atoms with Gasteiger partial charge in [0.15, 0.2) is 18.3 Å². The molecule has 0 spiro atoms. The summed E-state index contributed by atoms with van der Waals surface area (Å²) in [6, 6.07) is 5.59. The van der Waals surface area contributed by atoms with Crippen LogP contribution in [0, 0.1) is 6.92 Å². The molecular weight excluding hydrogens is 230 g/mol. The summed E-state index contributed by atoms with van der Waals surface area (Å²) in [6.45, 7) is 1.86. The van der Waals surface area contributed by atoms with Crippen molar-refractivity contribution in [2.75, 3.05) is 0 Å². The van der Waals surface area contributed by atoms with Crippen LogP contribution in [0.3, 0.4) is 0 Å². The topological polar surface area (TPSA) is 60.9 Å². The highest BCUT2D eigenvalue weighted by Gasteiger charge is 2.14. The summed E-state index contributed by atoms with van der Waals surface area (Å²) < 4.78 is 7.03. The van der Waals surface area contributed by atoms with Gasteiger partial charge >= 0.3 is 0 Å². The molecule has 0 atom stereocenters. The molecule has 3 aromatic rings. The predicted molar refractivity (Wildman–Crippen MR) is 66.3 cm³/mol. The maximum absolute atomic E-state index is 11.2. The Labute approximate surface area is 103 Å². The fraction of sp³-hybridized carbons (Fsp3) is 0.154. The van der Waals surface area contributed by atoms with Gasteiger partial charge in [-0.1, -0.05) is 6.07 Å². The van der Waals surface area contributed by atoms with Gasteiger partial charge < -0.3 is 8.98 Å².